The molecule has 1 fully saturated rings. The Bertz CT molecular complexity index is 432. The van der Waals surface area contributed by atoms with Crippen LogP contribution in [0.4, 0.5) is 0 Å². The van der Waals surface area contributed by atoms with Crippen molar-refractivity contribution in [1.82, 2.24) is 5.32 Å². The molecule has 1 aliphatic carbocycles. The van der Waals surface area contributed by atoms with Crippen LogP contribution in [-0.4, -0.2) is 22.5 Å². The van der Waals surface area contributed by atoms with E-state index in [4.69, 9.17) is 9.52 Å². The highest BCUT2D eigenvalue weighted by molar-refractivity contribution is 5.78. The lowest BCUT2D eigenvalue weighted by Crippen LogP contribution is -2.47. The number of furan rings is 1. The highest BCUT2D eigenvalue weighted by atomic mass is 16.4. The van der Waals surface area contributed by atoms with Gasteiger partial charge in [-0.1, -0.05) is 12.8 Å². The Balaban J connectivity index is 1.86. The Morgan fingerprint density at radius 2 is 2.11 bits per heavy atom. The molecule has 0 aliphatic heterocycles. The molecular formula is C14H19NO4. The number of aliphatic carboxylic acids is 1. The minimum absolute atomic E-state index is 0.0183. The molecule has 1 aromatic heterocycles. The fourth-order valence-corrected chi connectivity index (χ4v) is 2.74. The lowest BCUT2D eigenvalue weighted by atomic mass is 9.93. The van der Waals surface area contributed by atoms with Crippen LogP contribution >= 0.6 is 0 Å². The smallest absolute Gasteiger partial charge is 0.305 e. The van der Waals surface area contributed by atoms with Gasteiger partial charge in [0.25, 0.3) is 0 Å². The van der Waals surface area contributed by atoms with Gasteiger partial charge in [0.2, 0.25) is 5.91 Å². The van der Waals surface area contributed by atoms with Gasteiger partial charge >= 0.3 is 5.97 Å². The zero-order valence-corrected chi connectivity index (χ0v) is 10.9. The van der Waals surface area contributed by atoms with Crippen molar-refractivity contribution >= 4 is 11.9 Å². The van der Waals surface area contributed by atoms with Crippen LogP contribution < -0.4 is 5.32 Å². The Morgan fingerprint density at radius 3 is 2.68 bits per heavy atom. The number of rotatable bonds is 6. The van der Waals surface area contributed by atoms with Gasteiger partial charge in [0.05, 0.1) is 24.5 Å². The molecule has 1 amide bonds. The Morgan fingerprint density at radius 1 is 1.37 bits per heavy atom. The number of aryl methyl sites for hydroxylation is 1. The maximum Gasteiger partial charge on any atom is 0.305 e. The van der Waals surface area contributed by atoms with E-state index in [-0.39, 0.29) is 12.3 Å². The van der Waals surface area contributed by atoms with E-state index < -0.39 is 11.5 Å². The summed E-state index contributed by atoms with van der Waals surface area (Å²) in [6.07, 6.45) is 7.68. The summed E-state index contributed by atoms with van der Waals surface area (Å²) in [5.41, 5.74) is 0.452. The number of carboxylic acid groups (broad SMARTS) is 1. The van der Waals surface area contributed by atoms with Crippen LogP contribution in [0.1, 0.15) is 44.1 Å². The number of hydrogen-bond donors (Lipinski definition) is 2. The first-order valence-corrected chi connectivity index (χ1v) is 6.64. The first-order chi connectivity index (χ1) is 9.10. The zero-order chi connectivity index (χ0) is 13.7. The average Bonchev–Trinajstić information content (AvgIpc) is 2.97. The molecule has 0 unspecified atom stereocenters. The van der Waals surface area contributed by atoms with E-state index in [1.807, 2.05) is 6.07 Å². The molecule has 0 atom stereocenters. The van der Waals surface area contributed by atoms with Crippen molar-refractivity contribution in [3.8, 4) is 0 Å². The molecule has 5 nitrogen and oxygen atoms in total. The molecule has 0 aromatic carbocycles. The van der Waals surface area contributed by atoms with E-state index in [0.29, 0.717) is 12.8 Å². The molecule has 104 valence electrons. The van der Waals surface area contributed by atoms with Gasteiger partial charge in [-0.2, -0.15) is 0 Å². The zero-order valence-electron chi connectivity index (χ0n) is 10.9. The third kappa shape index (κ3) is 3.84. The van der Waals surface area contributed by atoms with Crippen molar-refractivity contribution in [3.05, 3.63) is 24.2 Å². The quantitative estimate of drug-likeness (QED) is 0.825. The van der Waals surface area contributed by atoms with E-state index >= 15 is 0 Å². The first-order valence-electron chi connectivity index (χ1n) is 6.64. The molecule has 1 aliphatic rings. The summed E-state index contributed by atoms with van der Waals surface area (Å²) in [6, 6.07) is 1.83. The van der Waals surface area contributed by atoms with Crippen molar-refractivity contribution in [2.45, 2.75) is 50.5 Å². The maximum absolute atomic E-state index is 11.9. The summed E-state index contributed by atoms with van der Waals surface area (Å²) < 4.78 is 4.94. The van der Waals surface area contributed by atoms with Crippen molar-refractivity contribution in [1.29, 1.82) is 0 Å². The van der Waals surface area contributed by atoms with Gasteiger partial charge in [-0.3, -0.25) is 9.59 Å². The number of carbonyl (C=O) groups is 2. The van der Waals surface area contributed by atoms with Gasteiger partial charge in [0, 0.05) is 6.42 Å². The van der Waals surface area contributed by atoms with E-state index in [2.05, 4.69) is 5.32 Å². The normalized spacial score (nSPS) is 17.3. The number of carboxylic acids is 1. The minimum atomic E-state index is -0.850. The lowest BCUT2D eigenvalue weighted by Gasteiger charge is -2.28. The molecule has 1 saturated carbocycles. The van der Waals surface area contributed by atoms with Crippen molar-refractivity contribution in [2.75, 3.05) is 0 Å². The molecule has 5 heteroatoms. The van der Waals surface area contributed by atoms with Gasteiger partial charge in [0.15, 0.2) is 0 Å². The molecular weight excluding hydrogens is 246 g/mol. The summed E-state index contributed by atoms with van der Waals surface area (Å²) in [6.45, 7) is 0. The summed E-state index contributed by atoms with van der Waals surface area (Å²) in [5.74, 6) is -0.929. The third-order valence-electron chi connectivity index (χ3n) is 3.68. The minimum Gasteiger partial charge on any atom is -0.481 e. The van der Waals surface area contributed by atoms with E-state index in [0.717, 1.165) is 31.2 Å². The molecule has 0 radical (unpaired) electrons. The van der Waals surface area contributed by atoms with Crippen LogP contribution in [0.2, 0.25) is 0 Å². The topological polar surface area (TPSA) is 79.5 Å². The Kier molecular flexibility index (Phi) is 4.24. The molecule has 1 heterocycles. The van der Waals surface area contributed by atoms with E-state index in [1.54, 1.807) is 12.5 Å². The van der Waals surface area contributed by atoms with Crippen molar-refractivity contribution in [3.63, 3.8) is 0 Å². The third-order valence-corrected chi connectivity index (χ3v) is 3.68. The monoisotopic (exact) mass is 265 g/mol. The van der Waals surface area contributed by atoms with Gasteiger partial charge < -0.3 is 14.8 Å². The fraction of sp³-hybridized carbons (Fsp3) is 0.571. The van der Waals surface area contributed by atoms with Gasteiger partial charge in [-0.05, 0) is 30.9 Å². The summed E-state index contributed by atoms with van der Waals surface area (Å²) in [7, 11) is 0. The number of hydrogen-bond acceptors (Lipinski definition) is 3. The molecule has 0 spiro atoms. The summed E-state index contributed by atoms with van der Waals surface area (Å²) in [5, 5.41) is 11.9. The van der Waals surface area contributed by atoms with Crippen LogP contribution in [0, 0.1) is 0 Å². The molecule has 0 bridgehead atoms. The molecule has 19 heavy (non-hydrogen) atoms. The number of amides is 1. The largest absolute Gasteiger partial charge is 0.481 e. The number of carbonyl (C=O) groups excluding carboxylic acids is 1. The second-order valence-corrected chi connectivity index (χ2v) is 5.24. The van der Waals surface area contributed by atoms with Crippen LogP contribution in [0.15, 0.2) is 23.0 Å². The predicted molar refractivity (Wildman–Crippen MR) is 68.6 cm³/mol. The SMILES string of the molecule is O=C(O)CC1(NC(=O)CCc2ccoc2)CCCC1. The Hall–Kier alpha value is -1.78. The van der Waals surface area contributed by atoms with E-state index in [1.165, 1.54) is 0 Å². The summed E-state index contributed by atoms with van der Waals surface area (Å²) in [4.78, 5) is 22.9. The second-order valence-electron chi connectivity index (χ2n) is 5.24. The molecule has 2 N–H and O–H groups in total. The molecule has 1 aromatic rings. The first kappa shape index (κ1) is 13.6. The lowest BCUT2D eigenvalue weighted by molar-refractivity contribution is -0.139. The van der Waals surface area contributed by atoms with Crippen molar-refractivity contribution in [2.24, 2.45) is 0 Å². The van der Waals surface area contributed by atoms with Crippen LogP contribution in [0.25, 0.3) is 0 Å². The van der Waals surface area contributed by atoms with Gasteiger partial charge in [-0.25, -0.2) is 0 Å². The van der Waals surface area contributed by atoms with Crippen molar-refractivity contribution < 1.29 is 19.1 Å². The summed E-state index contributed by atoms with van der Waals surface area (Å²) >= 11 is 0. The second kappa shape index (κ2) is 5.91. The highest BCUT2D eigenvalue weighted by Gasteiger charge is 2.37. The average molecular weight is 265 g/mol. The van der Waals surface area contributed by atoms with Gasteiger partial charge in [0.1, 0.15) is 0 Å². The van der Waals surface area contributed by atoms with Crippen LogP contribution in [0.3, 0.4) is 0 Å². The fourth-order valence-electron chi connectivity index (χ4n) is 2.74. The van der Waals surface area contributed by atoms with Crippen LogP contribution in [0.5, 0.6) is 0 Å². The Labute approximate surface area is 112 Å². The molecule has 2 rings (SSSR count). The number of nitrogens with one attached hydrogen (secondary N) is 1. The van der Waals surface area contributed by atoms with Crippen LogP contribution in [-0.2, 0) is 16.0 Å². The van der Waals surface area contributed by atoms with Gasteiger partial charge in [-0.15, -0.1) is 0 Å². The van der Waals surface area contributed by atoms with E-state index in [9.17, 15) is 9.59 Å². The molecule has 0 saturated heterocycles. The highest BCUT2D eigenvalue weighted by Crippen LogP contribution is 2.32. The standard InChI is InChI=1S/C14H19NO4/c16-12(4-3-11-5-8-19-10-11)15-14(9-13(17)18)6-1-2-7-14/h5,8,10H,1-4,6-7,9H2,(H,15,16)(H,17,18). The predicted octanol–water partition coefficient (Wildman–Crippen LogP) is 2.12. The maximum atomic E-state index is 11.9.